The van der Waals surface area contributed by atoms with E-state index >= 15 is 0 Å². The van der Waals surface area contributed by atoms with E-state index in [4.69, 9.17) is 4.74 Å². The molecule has 0 bridgehead atoms. The Morgan fingerprint density at radius 3 is 2.84 bits per heavy atom. The number of hydrogen-bond donors (Lipinski definition) is 2. The van der Waals surface area contributed by atoms with Gasteiger partial charge in [-0.25, -0.2) is 4.98 Å². The molecule has 0 aliphatic carbocycles. The summed E-state index contributed by atoms with van der Waals surface area (Å²) in [6.45, 7) is 12.2. The predicted octanol–water partition coefficient (Wildman–Crippen LogP) is 2.04. The lowest BCUT2D eigenvalue weighted by molar-refractivity contribution is 0.182. The van der Waals surface area contributed by atoms with Crippen LogP contribution in [0.3, 0.4) is 0 Å². The smallest absolute Gasteiger partial charge is 0.0900 e. The van der Waals surface area contributed by atoms with Gasteiger partial charge in [0.2, 0.25) is 0 Å². The van der Waals surface area contributed by atoms with Crippen LogP contribution < -0.4 is 10.6 Å². The lowest BCUT2D eigenvalue weighted by Gasteiger charge is -2.21. The molecule has 3 atom stereocenters. The third kappa shape index (κ3) is 3.75. The highest BCUT2D eigenvalue weighted by Gasteiger charge is 2.27. The Balaban J connectivity index is 1.86. The van der Waals surface area contributed by atoms with Crippen molar-refractivity contribution in [1.82, 2.24) is 15.6 Å². The minimum Gasteiger partial charge on any atom is -0.379 e. The Morgan fingerprint density at radius 2 is 2.21 bits per heavy atom. The number of rotatable bonds is 6. The molecule has 3 unspecified atom stereocenters. The summed E-state index contributed by atoms with van der Waals surface area (Å²) in [4.78, 5) is 5.86. The molecule has 1 aliphatic rings. The van der Waals surface area contributed by atoms with Gasteiger partial charge in [0.15, 0.2) is 0 Å². The van der Waals surface area contributed by atoms with E-state index in [2.05, 4.69) is 43.3 Å². The second-order valence-corrected chi connectivity index (χ2v) is 6.51. The van der Waals surface area contributed by atoms with Crippen LogP contribution in [0.15, 0.2) is 0 Å². The fraction of sp³-hybridized carbons (Fsp3) is 0.786. The van der Waals surface area contributed by atoms with Gasteiger partial charge in [0.25, 0.3) is 0 Å². The number of nitrogens with one attached hydrogen (secondary N) is 2. The number of thiazole rings is 1. The third-order valence-electron chi connectivity index (χ3n) is 3.68. The maximum atomic E-state index is 5.58. The van der Waals surface area contributed by atoms with E-state index in [1.807, 2.05) is 0 Å². The summed E-state index contributed by atoms with van der Waals surface area (Å²) in [7, 11) is 0. The van der Waals surface area contributed by atoms with Crippen LogP contribution in [0, 0.1) is 19.8 Å². The van der Waals surface area contributed by atoms with Crippen molar-refractivity contribution in [3.05, 3.63) is 15.6 Å². The highest BCUT2D eigenvalue weighted by molar-refractivity contribution is 7.11. The largest absolute Gasteiger partial charge is 0.379 e. The molecule has 2 rings (SSSR count). The highest BCUT2D eigenvalue weighted by atomic mass is 32.1. The standard InChI is InChI=1S/C14H25N3OS/c1-5-15-13-8-18-7-12(13)6-16-9(2)14-10(3)17-11(4)19-14/h9,12-13,15-16H,5-8H2,1-4H3. The second kappa shape index (κ2) is 6.79. The maximum absolute atomic E-state index is 5.58. The fourth-order valence-corrected chi connectivity index (χ4v) is 3.61. The molecule has 1 fully saturated rings. The molecule has 0 spiro atoms. The van der Waals surface area contributed by atoms with Crippen LogP contribution >= 0.6 is 11.3 Å². The van der Waals surface area contributed by atoms with Gasteiger partial charge < -0.3 is 15.4 Å². The van der Waals surface area contributed by atoms with Gasteiger partial charge >= 0.3 is 0 Å². The van der Waals surface area contributed by atoms with Crippen LogP contribution in [0.1, 0.15) is 35.5 Å². The van der Waals surface area contributed by atoms with E-state index in [0.717, 1.165) is 37.0 Å². The molecule has 2 N–H and O–H groups in total. The number of ether oxygens (including phenoxy) is 1. The van der Waals surface area contributed by atoms with E-state index in [0.29, 0.717) is 18.0 Å². The zero-order valence-corrected chi connectivity index (χ0v) is 13.1. The average molecular weight is 283 g/mol. The van der Waals surface area contributed by atoms with Crippen LogP contribution in [-0.2, 0) is 4.74 Å². The van der Waals surface area contributed by atoms with Crippen molar-refractivity contribution in [2.24, 2.45) is 5.92 Å². The summed E-state index contributed by atoms with van der Waals surface area (Å²) in [6.07, 6.45) is 0. The number of aryl methyl sites for hydroxylation is 2. The lowest BCUT2D eigenvalue weighted by Crippen LogP contribution is -2.40. The molecular formula is C14H25N3OS. The van der Waals surface area contributed by atoms with Gasteiger partial charge in [-0.05, 0) is 27.3 Å². The number of likely N-dealkylation sites (N-methyl/N-ethyl adjacent to an activating group) is 1. The zero-order valence-electron chi connectivity index (χ0n) is 12.3. The molecule has 1 aromatic rings. The van der Waals surface area contributed by atoms with Crippen LogP contribution in [0.4, 0.5) is 0 Å². The second-order valence-electron chi connectivity index (χ2n) is 5.27. The molecule has 108 valence electrons. The minimum absolute atomic E-state index is 0.370. The Kier molecular flexibility index (Phi) is 5.33. The fourth-order valence-electron chi connectivity index (χ4n) is 2.66. The van der Waals surface area contributed by atoms with Crippen molar-refractivity contribution in [1.29, 1.82) is 0 Å². The molecule has 0 amide bonds. The first-order valence-electron chi connectivity index (χ1n) is 7.10. The van der Waals surface area contributed by atoms with E-state index < -0.39 is 0 Å². The quantitative estimate of drug-likeness (QED) is 0.838. The maximum Gasteiger partial charge on any atom is 0.0900 e. The van der Waals surface area contributed by atoms with Crippen LogP contribution in [-0.4, -0.2) is 37.3 Å². The molecule has 4 nitrogen and oxygen atoms in total. The molecule has 0 radical (unpaired) electrons. The Labute approximate surface area is 120 Å². The van der Waals surface area contributed by atoms with Crippen molar-refractivity contribution < 1.29 is 4.74 Å². The van der Waals surface area contributed by atoms with Crippen molar-refractivity contribution >= 4 is 11.3 Å². The first kappa shape index (κ1) is 14.9. The summed E-state index contributed by atoms with van der Waals surface area (Å²) < 4.78 is 5.58. The van der Waals surface area contributed by atoms with E-state index in [-0.39, 0.29) is 0 Å². The summed E-state index contributed by atoms with van der Waals surface area (Å²) >= 11 is 1.80. The van der Waals surface area contributed by atoms with Gasteiger partial charge in [0.1, 0.15) is 0 Å². The average Bonchev–Trinajstić information content (AvgIpc) is 2.93. The number of hydrogen-bond acceptors (Lipinski definition) is 5. The normalized spacial score (nSPS) is 24.8. The molecule has 19 heavy (non-hydrogen) atoms. The zero-order chi connectivity index (χ0) is 13.8. The van der Waals surface area contributed by atoms with Crippen molar-refractivity contribution in [3.8, 4) is 0 Å². The topological polar surface area (TPSA) is 46.2 Å². The van der Waals surface area contributed by atoms with E-state index in [1.54, 1.807) is 11.3 Å². The molecule has 2 heterocycles. The Bertz CT molecular complexity index is 407. The molecule has 5 heteroatoms. The summed E-state index contributed by atoms with van der Waals surface area (Å²) in [5, 5.41) is 8.28. The van der Waals surface area contributed by atoms with Gasteiger partial charge in [0.05, 0.1) is 23.9 Å². The van der Waals surface area contributed by atoms with Gasteiger partial charge in [0, 0.05) is 29.4 Å². The lowest BCUT2D eigenvalue weighted by atomic mass is 10.0. The Morgan fingerprint density at radius 1 is 1.42 bits per heavy atom. The molecule has 1 saturated heterocycles. The number of aromatic nitrogens is 1. The molecule has 1 aromatic heterocycles. The molecule has 0 saturated carbocycles. The van der Waals surface area contributed by atoms with Gasteiger partial charge in [-0.3, -0.25) is 0 Å². The van der Waals surface area contributed by atoms with Gasteiger partial charge in [-0.15, -0.1) is 11.3 Å². The highest BCUT2D eigenvalue weighted by Crippen LogP contribution is 2.25. The van der Waals surface area contributed by atoms with Crippen molar-refractivity contribution in [2.75, 3.05) is 26.3 Å². The van der Waals surface area contributed by atoms with E-state index in [9.17, 15) is 0 Å². The van der Waals surface area contributed by atoms with Gasteiger partial charge in [-0.2, -0.15) is 0 Å². The van der Waals surface area contributed by atoms with Crippen molar-refractivity contribution in [3.63, 3.8) is 0 Å². The predicted molar refractivity (Wildman–Crippen MR) is 79.8 cm³/mol. The third-order valence-corrected chi connectivity index (χ3v) is 4.94. The first-order valence-corrected chi connectivity index (χ1v) is 7.91. The SMILES string of the molecule is CCNC1COCC1CNC(C)c1sc(C)nc1C. The van der Waals surface area contributed by atoms with Crippen molar-refractivity contribution in [2.45, 2.75) is 39.8 Å². The van der Waals surface area contributed by atoms with Gasteiger partial charge in [-0.1, -0.05) is 6.92 Å². The minimum atomic E-state index is 0.370. The van der Waals surface area contributed by atoms with E-state index in [1.165, 1.54) is 4.88 Å². The Hall–Kier alpha value is -0.490. The molecule has 1 aliphatic heterocycles. The molecular weight excluding hydrogens is 258 g/mol. The van der Waals surface area contributed by atoms with Crippen LogP contribution in [0.25, 0.3) is 0 Å². The monoisotopic (exact) mass is 283 g/mol. The summed E-state index contributed by atoms with van der Waals surface area (Å²) in [5.41, 5.74) is 1.16. The summed E-state index contributed by atoms with van der Waals surface area (Å²) in [5.74, 6) is 0.566. The number of nitrogens with zero attached hydrogens (tertiary/aromatic N) is 1. The first-order chi connectivity index (χ1) is 9.11. The van der Waals surface area contributed by atoms with Crippen LogP contribution in [0.5, 0.6) is 0 Å². The summed E-state index contributed by atoms with van der Waals surface area (Å²) in [6, 6.07) is 0.864. The van der Waals surface area contributed by atoms with Crippen LogP contribution in [0.2, 0.25) is 0 Å². The molecule has 0 aromatic carbocycles.